The maximum absolute atomic E-state index is 13.9. The molecule has 2 fully saturated rings. The first-order valence-corrected chi connectivity index (χ1v) is 10.2. The summed E-state index contributed by atoms with van der Waals surface area (Å²) >= 11 is 0. The molecule has 0 amide bonds. The zero-order valence-corrected chi connectivity index (χ0v) is 17.9. The number of fused-ring (bicyclic) bond motifs is 2. The number of rotatable bonds is 10. The molecule has 0 saturated heterocycles. The van der Waals surface area contributed by atoms with Gasteiger partial charge in [-0.1, -0.05) is 13.8 Å². The lowest BCUT2D eigenvalue weighted by Gasteiger charge is -2.41. The molecule has 0 N–H and O–H groups in total. The summed E-state index contributed by atoms with van der Waals surface area (Å²) in [6.07, 6.45) is -7.37. The average Bonchev–Trinajstić information content (AvgIpc) is 3.24. The van der Waals surface area contributed by atoms with E-state index in [1.165, 1.54) is 0 Å². The molecule has 2 nitrogen and oxygen atoms in total. The van der Waals surface area contributed by atoms with E-state index in [1.807, 2.05) is 6.92 Å². The largest absolute Gasteiger partial charge is 0.459 e. The molecule has 2 saturated carbocycles. The van der Waals surface area contributed by atoms with Crippen LogP contribution in [0.1, 0.15) is 33.1 Å². The molecule has 0 aliphatic heterocycles. The monoisotopic (exact) mass is 546 g/mol. The average molecular weight is 546 g/mol. The Kier molecular flexibility index (Phi) is 7.48. The second kappa shape index (κ2) is 8.80. The molecule has 2 aliphatic rings. The zero-order chi connectivity index (χ0) is 27.6. The molecule has 5 atom stereocenters. The van der Waals surface area contributed by atoms with Crippen LogP contribution in [0.3, 0.4) is 0 Å². The Hall–Kier alpha value is -1.51. The van der Waals surface area contributed by atoms with Gasteiger partial charge in [-0.15, -0.1) is 0 Å². The van der Waals surface area contributed by atoms with Gasteiger partial charge >= 0.3 is 41.5 Å². The normalized spacial score (nSPS) is 28.7. The summed E-state index contributed by atoms with van der Waals surface area (Å²) in [5, 5.41) is 0. The van der Waals surface area contributed by atoms with Crippen molar-refractivity contribution in [1.82, 2.24) is 0 Å². The highest BCUT2D eigenvalue weighted by atomic mass is 19.4. The van der Waals surface area contributed by atoms with Gasteiger partial charge < -0.3 is 4.74 Å². The summed E-state index contributed by atoms with van der Waals surface area (Å²) in [6, 6.07) is 0. The van der Waals surface area contributed by atoms with Gasteiger partial charge in [0.15, 0.2) is 6.61 Å². The minimum absolute atomic E-state index is 0.0466. The van der Waals surface area contributed by atoms with Crippen LogP contribution in [0.5, 0.6) is 0 Å². The predicted octanol–water partition coefficient (Wildman–Crippen LogP) is 6.92. The molecule has 0 spiro atoms. The number of carbonyl (C=O) groups is 1. The number of esters is 1. The van der Waals surface area contributed by atoms with Crippen LogP contribution in [0.4, 0.5) is 61.5 Å². The zero-order valence-electron chi connectivity index (χ0n) is 17.9. The van der Waals surface area contributed by atoms with Gasteiger partial charge in [-0.05, 0) is 36.5 Å². The molecule has 35 heavy (non-hydrogen) atoms. The SMILES string of the molecule is CC1C2CC(C(=O)OCC(F)(F)C(F)(F)C(F)(F)C(F)(F)C(F)(F)C(F)(F)CC(F)F)C(C2)C1C. The van der Waals surface area contributed by atoms with Gasteiger partial charge in [-0.25, -0.2) is 8.78 Å². The number of carbonyl (C=O) groups excluding carboxylic acids is 1. The van der Waals surface area contributed by atoms with E-state index in [0.29, 0.717) is 6.42 Å². The van der Waals surface area contributed by atoms with Gasteiger partial charge in [-0.3, -0.25) is 4.79 Å². The van der Waals surface area contributed by atoms with Crippen LogP contribution in [-0.2, 0) is 9.53 Å². The molecule has 5 unspecified atom stereocenters. The summed E-state index contributed by atoms with van der Waals surface area (Å²) in [6.45, 7) is 0.597. The number of alkyl halides is 14. The molecule has 2 rings (SSSR count). The van der Waals surface area contributed by atoms with E-state index in [0.717, 1.165) is 0 Å². The van der Waals surface area contributed by atoms with E-state index in [9.17, 15) is 66.3 Å². The Labute approximate surface area is 189 Å². The first kappa shape index (κ1) is 29.7. The van der Waals surface area contributed by atoms with Crippen molar-refractivity contribution in [3.8, 4) is 0 Å². The summed E-state index contributed by atoms with van der Waals surface area (Å²) < 4.78 is 192. The van der Waals surface area contributed by atoms with E-state index >= 15 is 0 Å². The maximum atomic E-state index is 13.9. The van der Waals surface area contributed by atoms with Crippen LogP contribution in [0.2, 0.25) is 0 Å². The van der Waals surface area contributed by atoms with Gasteiger partial charge in [0.05, 0.1) is 12.3 Å². The van der Waals surface area contributed by atoms with Gasteiger partial charge in [0.2, 0.25) is 6.43 Å². The molecule has 0 aromatic rings. The first-order chi connectivity index (χ1) is 15.5. The van der Waals surface area contributed by atoms with Crippen molar-refractivity contribution in [2.45, 2.75) is 75.1 Å². The van der Waals surface area contributed by atoms with Crippen molar-refractivity contribution in [3.05, 3.63) is 0 Å². The van der Waals surface area contributed by atoms with Crippen LogP contribution in [0.15, 0.2) is 0 Å². The van der Waals surface area contributed by atoms with Crippen molar-refractivity contribution in [1.29, 1.82) is 0 Å². The number of ether oxygens (including phenoxy) is 1. The van der Waals surface area contributed by atoms with E-state index < -0.39 is 72.8 Å². The molecular weight excluding hydrogens is 526 g/mol. The van der Waals surface area contributed by atoms with E-state index in [2.05, 4.69) is 4.74 Å². The molecule has 0 radical (unpaired) electrons. The van der Waals surface area contributed by atoms with Gasteiger partial charge in [0, 0.05) is 0 Å². The number of halogens is 14. The van der Waals surface area contributed by atoms with Crippen molar-refractivity contribution >= 4 is 5.97 Å². The van der Waals surface area contributed by atoms with Gasteiger partial charge in [-0.2, -0.15) is 52.7 Å². The lowest BCUT2D eigenvalue weighted by atomic mass is 9.76. The highest BCUT2D eigenvalue weighted by Gasteiger charge is 2.90. The number of hydrogen-bond acceptors (Lipinski definition) is 2. The topological polar surface area (TPSA) is 26.3 Å². The molecule has 0 aromatic carbocycles. The Balaban J connectivity index is 2.23. The minimum Gasteiger partial charge on any atom is -0.459 e. The second-order valence-electron chi connectivity index (χ2n) is 9.13. The molecule has 16 heteroatoms. The Morgan fingerprint density at radius 3 is 1.60 bits per heavy atom. The van der Waals surface area contributed by atoms with Crippen LogP contribution >= 0.6 is 0 Å². The molecule has 0 heterocycles. The van der Waals surface area contributed by atoms with Crippen molar-refractivity contribution in [3.63, 3.8) is 0 Å². The predicted molar refractivity (Wildman–Crippen MR) is 89.3 cm³/mol. The van der Waals surface area contributed by atoms with E-state index in [-0.39, 0.29) is 24.2 Å². The van der Waals surface area contributed by atoms with Crippen molar-refractivity contribution < 1.29 is 71.0 Å². The standard InChI is InChI=1S/C19H20F14O2/c1-7-8(2)10-3-9(7)4-11(10)13(34)35-6-15(24,25)17(28,29)19(32,33)18(30,31)16(26,27)14(22,23)5-12(20)21/h7-12H,3-6H2,1-2H3. The minimum atomic E-state index is -7.94. The Morgan fingerprint density at radius 2 is 1.20 bits per heavy atom. The fourth-order valence-electron chi connectivity index (χ4n) is 4.75. The lowest BCUT2D eigenvalue weighted by Crippen LogP contribution is -2.71. The summed E-state index contributed by atoms with van der Waals surface area (Å²) in [5.74, 6) is -47.1. The lowest BCUT2D eigenvalue weighted by molar-refractivity contribution is -0.428. The van der Waals surface area contributed by atoms with E-state index in [1.54, 1.807) is 6.92 Å². The summed E-state index contributed by atoms with van der Waals surface area (Å²) in [7, 11) is 0. The molecule has 2 aliphatic carbocycles. The third kappa shape index (κ3) is 4.44. The smallest absolute Gasteiger partial charge is 0.384 e. The third-order valence-corrected chi connectivity index (χ3v) is 7.11. The maximum Gasteiger partial charge on any atom is 0.384 e. The summed E-state index contributed by atoms with van der Waals surface area (Å²) in [4.78, 5) is 12.1. The van der Waals surface area contributed by atoms with Crippen LogP contribution in [-0.4, -0.2) is 54.5 Å². The highest BCUT2D eigenvalue weighted by Crippen LogP contribution is 2.61. The van der Waals surface area contributed by atoms with Gasteiger partial charge in [0.25, 0.3) is 0 Å². The molecule has 2 bridgehead atoms. The fourth-order valence-corrected chi connectivity index (χ4v) is 4.75. The van der Waals surface area contributed by atoms with Gasteiger partial charge in [0.1, 0.15) is 0 Å². The van der Waals surface area contributed by atoms with Crippen LogP contribution in [0.25, 0.3) is 0 Å². The second-order valence-corrected chi connectivity index (χ2v) is 9.13. The van der Waals surface area contributed by atoms with Crippen molar-refractivity contribution in [2.75, 3.05) is 6.61 Å². The Bertz CT molecular complexity index is 794. The summed E-state index contributed by atoms with van der Waals surface area (Å²) in [5.41, 5.74) is 0. The van der Waals surface area contributed by atoms with Crippen molar-refractivity contribution in [2.24, 2.45) is 29.6 Å². The third-order valence-electron chi connectivity index (χ3n) is 7.11. The number of hydrogen-bond donors (Lipinski definition) is 0. The molecule has 0 aromatic heterocycles. The van der Waals surface area contributed by atoms with Crippen LogP contribution in [0, 0.1) is 29.6 Å². The van der Waals surface area contributed by atoms with Crippen LogP contribution < -0.4 is 0 Å². The fraction of sp³-hybridized carbons (Fsp3) is 0.947. The first-order valence-electron chi connectivity index (χ1n) is 10.2. The highest BCUT2D eigenvalue weighted by molar-refractivity contribution is 5.73. The molecular formula is C19H20F14O2. The van der Waals surface area contributed by atoms with E-state index in [4.69, 9.17) is 0 Å². The molecule has 206 valence electrons. The Morgan fingerprint density at radius 1 is 0.743 bits per heavy atom. The quantitative estimate of drug-likeness (QED) is 0.220.